The zero-order valence-corrected chi connectivity index (χ0v) is 17.1. The molecule has 0 bridgehead atoms. The monoisotopic (exact) mass is 413 g/mol. The van der Waals surface area contributed by atoms with E-state index in [1.54, 1.807) is 11.8 Å². The van der Waals surface area contributed by atoms with E-state index in [-0.39, 0.29) is 23.7 Å². The number of likely N-dealkylation sites (tertiary alicyclic amines) is 1. The van der Waals surface area contributed by atoms with Gasteiger partial charge in [-0.15, -0.1) is 16.4 Å². The van der Waals surface area contributed by atoms with E-state index in [0.29, 0.717) is 39.6 Å². The molecule has 2 amide bonds. The van der Waals surface area contributed by atoms with Crippen molar-refractivity contribution in [2.45, 2.75) is 26.8 Å². The second-order valence-electron chi connectivity index (χ2n) is 7.28. The maximum Gasteiger partial charge on any atom is 0.263 e. The summed E-state index contributed by atoms with van der Waals surface area (Å²) in [4.78, 5) is 27.8. The molecule has 0 radical (unpaired) electrons. The summed E-state index contributed by atoms with van der Waals surface area (Å²) in [6, 6.07) is 4.14. The molecule has 0 spiro atoms. The summed E-state index contributed by atoms with van der Waals surface area (Å²) in [6.07, 6.45) is 0. The third-order valence-electron chi connectivity index (χ3n) is 5.25. The predicted molar refractivity (Wildman–Crippen MR) is 110 cm³/mol. The van der Waals surface area contributed by atoms with Crippen LogP contribution in [0.4, 0.5) is 10.1 Å². The van der Waals surface area contributed by atoms with Crippen LogP contribution in [0, 0.1) is 26.6 Å². The molecular formula is C20H20FN5O2S. The molecule has 7 nitrogen and oxygen atoms in total. The van der Waals surface area contributed by atoms with Gasteiger partial charge in [0.25, 0.3) is 11.8 Å². The zero-order chi connectivity index (χ0) is 20.9. The SMILES string of the molecule is Cc1cc(C(=O)N2CC(NC(=O)c3sc4nnc(C)c(C)c4c3N)C2)ccc1F. The average molecular weight is 413 g/mol. The van der Waals surface area contributed by atoms with E-state index in [0.717, 1.165) is 16.6 Å². The van der Waals surface area contributed by atoms with Crippen LogP contribution in [-0.2, 0) is 0 Å². The molecule has 0 unspecified atom stereocenters. The molecule has 3 heterocycles. The molecule has 2 aromatic heterocycles. The highest BCUT2D eigenvalue weighted by Crippen LogP contribution is 2.35. The second-order valence-corrected chi connectivity index (χ2v) is 8.28. The molecule has 3 aromatic rings. The van der Waals surface area contributed by atoms with Gasteiger partial charge in [0.05, 0.1) is 17.4 Å². The molecule has 1 aliphatic rings. The summed E-state index contributed by atoms with van der Waals surface area (Å²) in [5.41, 5.74) is 9.17. The Morgan fingerprint density at radius 3 is 2.66 bits per heavy atom. The Bertz CT molecular complexity index is 1150. The van der Waals surface area contributed by atoms with Crippen LogP contribution in [0.1, 0.15) is 36.9 Å². The van der Waals surface area contributed by atoms with E-state index in [1.165, 1.54) is 29.5 Å². The molecule has 3 N–H and O–H groups in total. The lowest BCUT2D eigenvalue weighted by Crippen LogP contribution is -2.60. The number of benzene rings is 1. The summed E-state index contributed by atoms with van der Waals surface area (Å²) in [7, 11) is 0. The van der Waals surface area contributed by atoms with Crippen LogP contribution in [0.3, 0.4) is 0 Å². The smallest absolute Gasteiger partial charge is 0.263 e. The molecule has 0 aliphatic carbocycles. The van der Waals surface area contributed by atoms with Crippen LogP contribution in [-0.4, -0.2) is 46.0 Å². The fourth-order valence-corrected chi connectivity index (χ4v) is 4.36. The maximum atomic E-state index is 13.4. The first kappa shape index (κ1) is 19.3. The first-order valence-corrected chi connectivity index (χ1v) is 9.96. The number of carbonyl (C=O) groups excluding carboxylic acids is 2. The Hall–Kier alpha value is -3.07. The van der Waals surface area contributed by atoms with E-state index < -0.39 is 0 Å². The van der Waals surface area contributed by atoms with Crippen molar-refractivity contribution in [2.24, 2.45) is 0 Å². The quantitative estimate of drug-likeness (QED) is 0.687. The fourth-order valence-electron chi connectivity index (χ4n) is 3.36. The van der Waals surface area contributed by atoms with Crippen molar-refractivity contribution in [3.05, 3.63) is 51.3 Å². The van der Waals surface area contributed by atoms with Crippen molar-refractivity contribution in [1.82, 2.24) is 20.4 Å². The number of aromatic nitrogens is 2. The van der Waals surface area contributed by atoms with Crippen molar-refractivity contribution in [2.75, 3.05) is 18.8 Å². The molecule has 1 aromatic carbocycles. The van der Waals surface area contributed by atoms with E-state index in [4.69, 9.17) is 5.73 Å². The number of nitrogens with one attached hydrogen (secondary N) is 1. The first-order chi connectivity index (χ1) is 13.8. The van der Waals surface area contributed by atoms with Gasteiger partial charge >= 0.3 is 0 Å². The third-order valence-corrected chi connectivity index (χ3v) is 6.34. The first-order valence-electron chi connectivity index (χ1n) is 9.14. The Morgan fingerprint density at radius 1 is 1.24 bits per heavy atom. The van der Waals surface area contributed by atoms with Gasteiger partial charge in [-0.3, -0.25) is 9.59 Å². The minimum Gasteiger partial charge on any atom is -0.397 e. The lowest BCUT2D eigenvalue weighted by molar-refractivity contribution is 0.0543. The maximum absolute atomic E-state index is 13.4. The number of fused-ring (bicyclic) bond motifs is 1. The number of thiophene rings is 1. The minimum absolute atomic E-state index is 0.161. The number of rotatable bonds is 3. The van der Waals surface area contributed by atoms with E-state index in [1.807, 2.05) is 13.8 Å². The zero-order valence-electron chi connectivity index (χ0n) is 16.2. The van der Waals surface area contributed by atoms with Crippen LogP contribution >= 0.6 is 11.3 Å². The predicted octanol–water partition coefficient (Wildman–Crippen LogP) is 2.59. The van der Waals surface area contributed by atoms with Gasteiger partial charge in [0.15, 0.2) is 0 Å². The van der Waals surface area contributed by atoms with Gasteiger partial charge in [-0.25, -0.2) is 4.39 Å². The number of nitrogens with two attached hydrogens (primary N) is 1. The lowest BCUT2D eigenvalue weighted by Gasteiger charge is -2.39. The summed E-state index contributed by atoms with van der Waals surface area (Å²) in [5, 5.41) is 11.9. The van der Waals surface area contributed by atoms with Gasteiger partial charge in [-0.2, -0.15) is 5.10 Å². The van der Waals surface area contributed by atoms with Gasteiger partial charge in [0, 0.05) is 24.0 Å². The summed E-state index contributed by atoms with van der Waals surface area (Å²) in [6.45, 7) is 6.16. The number of halogens is 1. The van der Waals surface area contributed by atoms with E-state index in [9.17, 15) is 14.0 Å². The van der Waals surface area contributed by atoms with Gasteiger partial charge in [0.2, 0.25) is 0 Å². The van der Waals surface area contributed by atoms with Crippen LogP contribution in [0.15, 0.2) is 18.2 Å². The third kappa shape index (κ3) is 3.31. The number of anilines is 1. The highest BCUT2D eigenvalue weighted by atomic mass is 32.1. The largest absolute Gasteiger partial charge is 0.397 e. The van der Waals surface area contributed by atoms with Crippen LogP contribution in [0.5, 0.6) is 0 Å². The minimum atomic E-state index is -0.341. The van der Waals surface area contributed by atoms with E-state index in [2.05, 4.69) is 15.5 Å². The Labute approximate surface area is 170 Å². The molecule has 4 rings (SSSR count). The van der Waals surface area contributed by atoms with Crippen LogP contribution in [0.2, 0.25) is 0 Å². The number of hydrogen-bond donors (Lipinski definition) is 2. The van der Waals surface area contributed by atoms with Crippen molar-refractivity contribution >= 4 is 39.1 Å². The van der Waals surface area contributed by atoms with Crippen molar-refractivity contribution < 1.29 is 14.0 Å². The van der Waals surface area contributed by atoms with Crippen molar-refractivity contribution in [3.63, 3.8) is 0 Å². The molecule has 1 aliphatic heterocycles. The fraction of sp³-hybridized carbons (Fsp3) is 0.300. The van der Waals surface area contributed by atoms with Gasteiger partial charge in [0.1, 0.15) is 15.5 Å². The number of carbonyl (C=O) groups is 2. The van der Waals surface area contributed by atoms with Crippen molar-refractivity contribution in [1.29, 1.82) is 0 Å². The molecule has 1 saturated heterocycles. The molecule has 9 heteroatoms. The Kier molecular flexibility index (Phi) is 4.70. The number of nitrogen functional groups attached to an aromatic ring is 1. The number of nitrogens with zero attached hydrogens (tertiary/aromatic N) is 3. The van der Waals surface area contributed by atoms with Crippen LogP contribution in [0.25, 0.3) is 10.2 Å². The summed E-state index contributed by atoms with van der Waals surface area (Å²) in [5.74, 6) is -0.801. The Balaban J connectivity index is 1.43. The van der Waals surface area contributed by atoms with Crippen LogP contribution < -0.4 is 11.1 Å². The standard InChI is InChI=1S/C20H20FN5O2S/c1-9-6-12(4-5-14(9)21)20(28)26-7-13(8-26)23-18(27)17-16(22)15-10(2)11(3)24-25-19(15)29-17/h4-6,13H,7-8,22H2,1-3H3,(H,23,27). The van der Waals surface area contributed by atoms with Crippen molar-refractivity contribution in [3.8, 4) is 0 Å². The molecular weight excluding hydrogens is 393 g/mol. The van der Waals surface area contributed by atoms with Gasteiger partial charge in [-0.05, 0) is 50.1 Å². The molecule has 0 saturated carbocycles. The van der Waals surface area contributed by atoms with Gasteiger partial charge in [-0.1, -0.05) is 0 Å². The Morgan fingerprint density at radius 2 is 1.97 bits per heavy atom. The molecule has 0 atom stereocenters. The second kappa shape index (κ2) is 7.07. The summed E-state index contributed by atoms with van der Waals surface area (Å²) >= 11 is 1.21. The highest BCUT2D eigenvalue weighted by molar-refractivity contribution is 7.21. The lowest BCUT2D eigenvalue weighted by atomic mass is 10.0. The number of hydrogen-bond acceptors (Lipinski definition) is 6. The number of amides is 2. The molecule has 1 fully saturated rings. The van der Waals surface area contributed by atoms with E-state index >= 15 is 0 Å². The summed E-state index contributed by atoms with van der Waals surface area (Å²) < 4.78 is 13.4. The molecule has 29 heavy (non-hydrogen) atoms. The normalized spacial score (nSPS) is 14.1. The average Bonchev–Trinajstić information content (AvgIpc) is 3.00. The topological polar surface area (TPSA) is 101 Å². The molecule has 150 valence electrons. The number of aryl methyl sites for hydroxylation is 3. The van der Waals surface area contributed by atoms with Gasteiger partial charge < -0.3 is 16.0 Å². The highest BCUT2D eigenvalue weighted by Gasteiger charge is 2.33.